The van der Waals surface area contributed by atoms with Crippen molar-refractivity contribution >= 4 is 12.3 Å². The van der Waals surface area contributed by atoms with Crippen molar-refractivity contribution in [1.29, 1.82) is 0 Å². The molecule has 0 aliphatic carbocycles. The molecule has 0 unspecified atom stereocenters. The lowest BCUT2D eigenvalue weighted by Gasteiger charge is -2.07. The summed E-state index contributed by atoms with van der Waals surface area (Å²) in [5.41, 5.74) is 1.43. The summed E-state index contributed by atoms with van der Waals surface area (Å²) >= 11 is 0. The molecule has 4 heteroatoms. The van der Waals surface area contributed by atoms with E-state index in [1.54, 1.807) is 25.1 Å². The van der Waals surface area contributed by atoms with Crippen LogP contribution in [0.3, 0.4) is 0 Å². The summed E-state index contributed by atoms with van der Waals surface area (Å²) in [5, 5.41) is 0. The van der Waals surface area contributed by atoms with E-state index in [9.17, 15) is 9.59 Å². The zero-order valence-corrected chi connectivity index (χ0v) is 9.36. The number of hydrogen-bond acceptors (Lipinski definition) is 4. The van der Waals surface area contributed by atoms with Gasteiger partial charge in [0.1, 0.15) is 12.0 Å². The molecule has 0 fully saturated rings. The fourth-order valence-electron chi connectivity index (χ4n) is 1.27. The number of esters is 1. The Labute approximate surface area is 94.2 Å². The summed E-state index contributed by atoms with van der Waals surface area (Å²) in [7, 11) is 0. The highest BCUT2D eigenvalue weighted by Crippen LogP contribution is 2.15. The van der Waals surface area contributed by atoms with Gasteiger partial charge in [0, 0.05) is 5.56 Å². The molecular weight excluding hydrogens is 208 g/mol. The summed E-state index contributed by atoms with van der Waals surface area (Å²) in [4.78, 5) is 21.6. The number of benzene rings is 1. The maximum absolute atomic E-state index is 11.0. The van der Waals surface area contributed by atoms with E-state index >= 15 is 0 Å². The van der Waals surface area contributed by atoms with Gasteiger partial charge in [0.2, 0.25) is 0 Å². The van der Waals surface area contributed by atoms with Gasteiger partial charge in [-0.1, -0.05) is 0 Å². The van der Waals surface area contributed by atoms with Crippen LogP contribution < -0.4 is 4.74 Å². The smallest absolute Gasteiger partial charge is 0.344 e. The van der Waals surface area contributed by atoms with E-state index in [1.165, 1.54) is 0 Å². The highest BCUT2D eigenvalue weighted by Gasteiger charge is 2.04. The Hall–Kier alpha value is -1.84. The van der Waals surface area contributed by atoms with Crippen LogP contribution in [0.4, 0.5) is 0 Å². The van der Waals surface area contributed by atoms with Crippen LogP contribution in [0.15, 0.2) is 18.2 Å². The molecular formula is C12H14O4. The Bertz CT molecular complexity index is 385. The van der Waals surface area contributed by atoms with E-state index in [4.69, 9.17) is 9.47 Å². The monoisotopic (exact) mass is 222 g/mol. The van der Waals surface area contributed by atoms with Crippen molar-refractivity contribution in [2.24, 2.45) is 0 Å². The Morgan fingerprint density at radius 3 is 2.75 bits per heavy atom. The molecule has 4 nitrogen and oxygen atoms in total. The fraction of sp³-hybridized carbons (Fsp3) is 0.333. The summed E-state index contributed by atoms with van der Waals surface area (Å²) in [6, 6.07) is 5.08. The van der Waals surface area contributed by atoms with Gasteiger partial charge in [-0.25, -0.2) is 4.79 Å². The van der Waals surface area contributed by atoms with Crippen LogP contribution in [0, 0.1) is 6.92 Å². The Kier molecular flexibility index (Phi) is 4.51. The van der Waals surface area contributed by atoms with E-state index in [0.717, 1.165) is 11.8 Å². The van der Waals surface area contributed by atoms with E-state index in [2.05, 4.69) is 0 Å². The first-order chi connectivity index (χ1) is 7.65. The van der Waals surface area contributed by atoms with Crippen molar-refractivity contribution < 1.29 is 19.1 Å². The molecule has 0 amide bonds. The molecule has 0 saturated carbocycles. The molecule has 0 bridgehead atoms. The summed E-state index contributed by atoms with van der Waals surface area (Å²) in [5.74, 6) is 0.0758. The summed E-state index contributed by atoms with van der Waals surface area (Å²) in [6.07, 6.45) is 0.740. The first-order valence-corrected chi connectivity index (χ1v) is 5.01. The van der Waals surface area contributed by atoms with Gasteiger partial charge in [-0.15, -0.1) is 0 Å². The van der Waals surface area contributed by atoms with Gasteiger partial charge in [0.05, 0.1) is 6.61 Å². The quantitative estimate of drug-likeness (QED) is 0.562. The number of aryl methyl sites for hydroxylation is 1. The van der Waals surface area contributed by atoms with Crippen molar-refractivity contribution in [3.05, 3.63) is 29.3 Å². The lowest BCUT2D eigenvalue weighted by Crippen LogP contribution is -2.14. The molecule has 0 spiro atoms. The van der Waals surface area contributed by atoms with Crippen molar-refractivity contribution in [2.45, 2.75) is 13.8 Å². The average Bonchev–Trinajstić information content (AvgIpc) is 2.26. The Morgan fingerprint density at radius 1 is 1.38 bits per heavy atom. The standard InChI is InChI=1S/C12H14O4/c1-3-15-12(14)8-16-11-5-9(2)4-10(6-11)7-13/h4-7H,3,8H2,1-2H3. The second-order valence-electron chi connectivity index (χ2n) is 3.29. The number of aldehydes is 1. The molecule has 0 atom stereocenters. The Morgan fingerprint density at radius 2 is 2.12 bits per heavy atom. The van der Waals surface area contributed by atoms with Gasteiger partial charge in [-0.2, -0.15) is 0 Å². The van der Waals surface area contributed by atoms with E-state index < -0.39 is 5.97 Å². The lowest BCUT2D eigenvalue weighted by atomic mass is 10.1. The van der Waals surface area contributed by atoms with Gasteiger partial charge in [0.15, 0.2) is 6.61 Å². The molecule has 0 aliphatic heterocycles. The molecule has 0 saturated heterocycles. The fourth-order valence-corrected chi connectivity index (χ4v) is 1.27. The molecule has 1 aromatic carbocycles. The molecule has 1 aromatic rings. The van der Waals surface area contributed by atoms with Crippen LogP contribution >= 0.6 is 0 Å². The second kappa shape index (κ2) is 5.90. The van der Waals surface area contributed by atoms with Crippen LogP contribution in [0.5, 0.6) is 5.75 Å². The molecule has 0 aliphatic rings. The van der Waals surface area contributed by atoms with Gasteiger partial charge in [-0.3, -0.25) is 4.79 Å². The highest BCUT2D eigenvalue weighted by molar-refractivity contribution is 5.76. The minimum absolute atomic E-state index is 0.143. The highest BCUT2D eigenvalue weighted by atomic mass is 16.6. The van der Waals surface area contributed by atoms with Gasteiger partial charge in [-0.05, 0) is 37.6 Å². The van der Waals surface area contributed by atoms with Crippen LogP contribution in [0.1, 0.15) is 22.8 Å². The minimum atomic E-state index is -0.420. The molecule has 16 heavy (non-hydrogen) atoms. The normalized spacial score (nSPS) is 9.62. The van der Waals surface area contributed by atoms with Gasteiger partial charge < -0.3 is 9.47 Å². The number of carbonyl (C=O) groups is 2. The molecule has 0 radical (unpaired) electrons. The van der Waals surface area contributed by atoms with Crippen LogP contribution in [-0.2, 0) is 9.53 Å². The van der Waals surface area contributed by atoms with E-state index in [1.807, 2.05) is 6.92 Å². The number of rotatable bonds is 5. The van der Waals surface area contributed by atoms with Crippen molar-refractivity contribution in [2.75, 3.05) is 13.2 Å². The van der Waals surface area contributed by atoms with Crippen molar-refractivity contribution in [3.63, 3.8) is 0 Å². The second-order valence-corrected chi connectivity index (χ2v) is 3.29. The first kappa shape index (κ1) is 12.2. The molecule has 86 valence electrons. The molecule has 0 N–H and O–H groups in total. The van der Waals surface area contributed by atoms with Crippen molar-refractivity contribution in [1.82, 2.24) is 0 Å². The third kappa shape index (κ3) is 3.73. The van der Waals surface area contributed by atoms with Crippen LogP contribution in [0.25, 0.3) is 0 Å². The van der Waals surface area contributed by atoms with Crippen LogP contribution in [-0.4, -0.2) is 25.5 Å². The third-order valence-electron chi connectivity index (χ3n) is 1.87. The maximum Gasteiger partial charge on any atom is 0.344 e. The SMILES string of the molecule is CCOC(=O)COc1cc(C)cc(C=O)c1. The van der Waals surface area contributed by atoms with Gasteiger partial charge >= 0.3 is 5.97 Å². The predicted octanol–water partition coefficient (Wildman–Crippen LogP) is 1.75. The number of hydrogen-bond donors (Lipinski definition) is 0. The topological polar surface area (TPSA) is 52.6 Å². The lowest BCUT2D eigenvalue weighted by molar-refractivity contribution is -0.145. The minimum Gasteiger partial charge on any atom is -0.482 e. The zero-order chi connectivity index (χ0) is 12.0. The number of carbonyl (C=O) groups excluding carboxylic acids is 2. The summed E-state index contributed by atoms with van der Waals surface area (Å²) < 4.78 is 9.93. The predicted molar refractivity (Wildman–Crippen MR) is 58.7 cm³/mol. The third-order valence-corrected chi connectivity index (χ3v) is 1.87. The Balaban J connectivity index is 2.63. The van der Waals surface area contributed by atoms with E-state index in [0.29, 0.717) is 17.9 Å². The zero-order valence-electron chi connectivity index (χ0n) is 9.36. The van der Waals surface area contributed by atoms with Gasteiger partial charge in [0.25, 0.3) is 0 Å². The molecule has 1 rings (SSSR count). The molecule has 0 heterocycles. The van der Waals surface area contributed by atoms with Crippen LogP contribution in [0.2, 0.25) is 0 Å². The summed E-state index contributed by atoms with van der Waals surface area (Å²) in [6.45, 7) is 3.77. The first-order valence-electron chi connectivity index (χ1n) is 5.01. The average molecular weight is 222 g/mol. The largest absolute Gasteiger partial charge is 0.482 e. The van der Waals surface area contributed by atoms with E-state index in [-0.39, 0.29) is 6.61 Å². The maximum atomic E-state index is 11.0. The van der Waals surface area contributed by atoms with Crippen molar-refractivity contribution in [3.8, 4) is 5.75 Å². The molecule has 0 aromatic heterocycles. The number of ether oxygens (including phenoxy) is 2.